The number of nitrogens with zero attached hydrogens (tertiary/aromatic N) is 4. The number of aromatic nitrogens is 2. The smallest absolute Gasteiger partial charge is 0.138 e. The Morgan fingerprint density at radius 1 is 1.23 bits per heavy atom. The lowest BCUT2D eigenvalue weighted by Crippen LogP contribution is -2.35. The minimum absolute atomic E-state index is 0.739. The number of piperidine rings is 1. The summed E-state index contributed by atoms with van der Waals surface area (Å²) in [5.41, 5.74) is 1.17. The Morgan fingerprint density at radius 2 is 2.05 bits per heavy atom. The van der Waals surface area contributed by atoms with Gasteiger partial charge in [-0.1, -0.05) is 25.1 Å². The second kappa shape index (κ2) is 6.77. The number of rotatable bonds is 4. The number of hydrogen-bond donors (Lipinski definition) is 0. The van der Waals surface area contributed by atoms with Gasteiger partial charge in [-0.05, 0) is 37.8 Å². The number of anilines is 3. The normalized spacial score (nSPS) is 18.3. The molecule has 0 amide bonds. The quantitative estimate of drug-likeness (QED) is 0.857. The van der Waals surface area contributed by atoms with Gasteiger partial charge in [-0.25, -0.2) is 9.97 Å². The van der Waals surface area contributed by atoms with Gasteiger partial charge in [-0.3, -0.25) is 0 Å². The summed E-state index contributed by atoms with van der Waals surface area (Å²) >= 11 is 0. The van der Waals surface area contributed by atoms with E-state index in [0.717, 1.165) is 37.2 Å². The molecule has 1 aliphatic heterocycles. The average molecular weight is 296 g/mol. The third-order valence-electron chi connectivity index (χ3n) is 4.28. The molecule has 0 saturated carbocycles. The van der Waals surface area contributed by atoms with Crippen LogP contribution in [0.2, 0.25) is 0 Å². The van der Waals surface area contributed by atoms with Crippen molar-refractivity contribution < 1.29 is 0 Å². The Morgan fingerprint density at radius 3 is 2.77 bits per heavy atom. The Bertz CT molecular complexity index is 599. The van der Waals surface area contributed by atoms with Crippen LogP contribution in [0.4, 0.5) is 17.3 Å². The van der Waals surface area contributed by atoms with E-state index in [0.29, 0.717) is 0 Å². The third-order valence-corrected chi connectivity index (χ3v) is 4.28. The fourth-order valence-corrected chi connectivity index (χ4v) is 3.14. The van der Waals surface area contributed by atoms with Crippen molar-refractivity contribution in [2.45, 2.75) is 26.7 Å². The summed E-state index contributed by atoms with van der Waals surface area (Å²) in [6.07, 6.45) is 4.26. The molecule has 2 heterocycles. The first-order valence-electron chi connectivity index (χ1n) is 8.17. The van der Waals surface area contributed by atoms with Crippen molar-refractivity contribution >= 4 is 17.3 Å². The van der Waals surface area contributed by atoms with Gasteiger partial charge in [0, 0.05) is 31.4 Å². The fourth-order valence-electron chi connectivity index (χ4n) is 3.14. The summed E-state index contributed by atoms with van der Waals surface area (Å²) in [6, 6.07) is 12.5. The molecule has 2 aromatic rings. The molecule has 0 spiro atoms. The van der Waals surface area contributed by atoms with Gasteiger partial charge in [0.1, 0.15) is 18.0 Å². The van der Waals surface area contributed by atoms with Crippen LogP contribution in [0.5, 0.6) is 0 Å². The van der Waals surface area contributed by atoms with E-state index in [-0.39, 0.29) is 0 Å². The molecule has 22 heavy (non-hydrogen) atoms. The van der Waals surface area contributed by atoms with Gasteiger partial charge < -0.3 is 9.80 Å². The van der Waals surface area contributed by atoms with E-state index >= 15 is 0 Å². The molecule has 0 N–H and O–H groups in total. The minimum Gasteiger partial charge on any atom is -0.356 e. The average Bonchev–Trinajstić information content (AvgIpc) is 2.57. The molecule has 1 atom stereocenters. The monoisotopic (exact) mass is 296 g/mol. The maximum atomic E-state index is 4.50. The van der Waals surface area contributed by atoms with E-state index in [4.69, 9.17) is 0 Å². The van der Waals surface area contributed by atoms with E-state index in [1.807, 2.05) is 6.07 Å². The van der Waals surface area contributed by atoms with E-state index in [1.54, 1.807) is 6.33 Å². The van der Waals surface area contributed by atoms with Crippen molar-refractivity contribution in [1.29, 1.82) is 0 Å². The molecule has 1 fully saturated rings. The van der Waals surface area contributed by atoms with Crippen LogP contribution in [0.25, 0.3) is 0 Å². The molecule has 0 aliphatic carbocycles. The lowest BCUT2D eigenvalue weighted by atomic mass is 10.0. The zero-order valence-electron chi connectivity index (χ0n) is 13.4. The maximum absolute atomic E-state index is 4.50. The molecule has 116 valence electrons. The highest BCUT2D eigenvalue weighted by Crippen LogP contribution is 2.27. The van der Waals surface area contributed by atoms with Crippen LogP contribution in [0.1, 0.15) is 26.7 Å². The zero-order chi connectivity index (χ0) is 15.4. The highest BCUT2D eigenvalue weighted by molar-refractivity contribution is 5.62. The number of benzene rings is 1. The zero-order valence-corrected chi connectivity index (χ0v) is 13.4. The Labute approximate surface area is 132 Å². The topological polar surface area (TPSA) is 32.3 Å². The van der Waals surface area contributed by atoms with Crippen molar-refractivity contribution in [3.8, 4) is 0 Å². The van der Waals surface area contributed by atoms with Crippen LogP contribution < -0.4 is 9.80 Å². The summed E-state index contributed by atoms with van der Waals surface area (Å²) in [6.45, 7) is 7.54. The predicted octanol–water partition coefficient (Wildman–Crippen LogP) is 3.87. The van der Waals surface area contributed by atoms with Crippen molar-refractivity contribution in [2.24, 2.45) is 5.92 Å². The highest BCUT2D eigenvalue weighted by atomic mass is 15.2. The SMILES string of the molecule is CCN(c1ccccc1)c1cc(N2CCCC(C)C2)ncn1. The van der Waals surface area contributed by atoms with E-state index in [9.17, 15) is 0 Å². The molecular weight excluding hydrogens is 272 g/mol. The first kappa shape index (κ1) is 14.8. The second-order valence-electron chi connectivity index (χ2n) is 6.01. The molecule has 1 aromatic carbocycles. The van der Waals surface area contributed by atoms with E-state index in [2.05, 4.69) is 63.9 Å². The van der Waals surface area contributed by atoms with Crippen LogP contribution in [0.3, 0.4) is 0 Å². The summed E-state index contributed by atoms with van der Waals surface area (Å²) in [4.78, 5) is 13.6. The minimum atomic E-state index is 0.739. The van der Waals surface area contributed by atoms with Crippen LogP contribution >= 0.6 is 0 Å². The highest BCUT2D eigenvalue weighted by Gasteiger charge is 2.19. The van der Waals surface area contributed by atoms with Crippen molar-refractivity contribution in [3.05, 3.63) is 42.7 Å². The summed E-state index contributed by atoms with van der Waals surface area (Å²) in [5, 5.41) is 0. The van der Waals surface area contributed by atoms with Gasteiger partial charge in [0.2, 0.25) is 0 Å². The van der Waals surface area contributed by atoms with Gasteiger partial charge in [0.15, 0.2) is 0 Å². The molecule has 4 heteroatoms. The summed E-state index contributed by atoms with van der Waals surface area (Å²) in [7, 11) is 0. The first-order valence-corrected chi connectivity index (χ1v) is 8.17. The molecule has 4 nitrogen and oxygen atoms in total. The predicted molar refractivity (Wildman–Crippen MR) is 91.8 cm³/mol. The van der Waals surface area contributed by atoms with Crippen molar-refractivity contribution in [1.82, 2.24) is 9.97 Å². The Kier molecular flexibility index (Phi) is 4.56. The van der Waals surface area contributed by atoms with Crippen molar-refractivity contribution in [3.63, 3.8) is 0 Å². The largest absolute Gasteiger partial charge is 0.356 e. The first-order chi connectivity index (χ1) is 10.8. The van der Waals surface area contributed by atoms with Crippen LogP contribution in [-0.2, 0) is 0 Å². The molecule has 3 rings (SSSR count). The van der Waals surface area contributed by atoms with Crippen molar-refractivity contribution in [2.75, 3.05) is 29.4 Å². The van der Waals surface area contributed by atoms with E-state index < -0.39 is 0 Å². The van der Waals surface area contributed by atoms with E-state index in [1.165, 1.54) is 18.5 Å². The van der Waals surface area contributed by atoms with Crippen LogP contribution in [-0.4, -0.2) is 29.6 Å². The molecule has 1 aromatic heterocycles. The molecule has 0 radical (unpaired) electrons. The van der Waals surface area contributed by atoms with Gasteiger partial charge in [-0.2, -0.15) is 0 Å². The number of para-hydroxylation sites is 1. The Balaban J connectivity index is 1.86. The summed E-state index contributed by atoms with van der Waals surface area (Å²) in [5.74, 6) is 2.76. The standard InChI is InChI=1S/C18H24N4/c1-3-22(16-9-5-4-6-10-16)18-12-17(19-14-20-18)21-11-7-8-15(2)13-21/h4-6,9-10,12,14-15H,3,7-8,11,13H2,1-2H3. The molecule has 1 unspecified atom stereocenters. The molecular formula is C18H24N4. The lowest BCUT2D eigenvalue weighted by Gasteiger charge is -2.32. The lowest BCUT2D eigenvalue weighted by molar-refractivity contribution is 0.444. The van der Waals surface area contributed by atoms with Gasteiger partial charge in [0.05, 0.1) is 0 Å². The van der Waals surface area contributed by atoms with Gasteiger partial charge >= 0.3 is 0 Å². The molecule has 1 aliphatic rings. The maximum Gasteiger partial charge on any atom is 0.138 e. The fraction of sp³-hybridized carbons (Fsp3) is 0.444. The van der Waals surface area contributed by atoms with Crippen LogP contribution in [0, 0.1) is 5.92 Å². The third kappa shape index (κ3) is 3.21. The molecule has 0 bridgehead atoms. The Hall–Kier alpha value is -2.10. The summed E-state index contributed by atoms with van der Waals surface area (Å²) < 4.78 is 0. The molecule has 1 saturated heterocycles. The number of hydrogen-bond acceptors (Lipinski definition) is 4. The second-order valence-corrected chi connectivity index (χ2v) is 6.01. The van der Waals surface area contributed by atoms with Gasteiger partial charge in [0.25, 0.3) is 0 Å². The van der Waals surface area contributed by atoms with Gasteiger partial charge in [-0.15, -0.1) is 0 Å². The van der Waals surface area contributed by atoms with Crippen LogP contribution in [0.15, 0.2) is 42.7 Å².